The van der Waals surface area contributed by atoms with E-state index >= 15 is 0 Å². The molecular weight excluding hydrogens is 432 g/mol. The Kier molecular flexibility index (Phi) is 8.32. The molecule has 0 radical (unpaired) electrons. The number of aromatic nitrogens is 1. The van der Waals surface area contributed by atoms with Crippen molar-refractivity contribution in [2.75, 3.05) is 33.2 Å². The Morgan fingerprint density at radius 2 is 1.81 bits per heavy atom. The Hall–Kier alpha value is -2.82. The maximum absolute atomic E-state index is 12.2. The van der Waals surface area contributed by atoms with E-state index in [-0.39, 0.29) is 19.3 Å². The van der Waals surface area contributed by atoms with E-state index in [0.717, 1.165) is 43.3 Å². The molecule has 172 valence electrons. The van der Waals surface area contributed by atoms with Crippen molar-refractivity contribution in [1.82, 2.24) is 20.1 Å². The van der Waals surface area contributed by atoms with Crippen LogP contribution in [0.2, 0.25) is 0 Å². The maximum atomic E-state index is 12.2. The highest BCUT2D eigenvalue weighted by Gasteiger charge is 2.21. The molecule has 1 saturated heterocycles. The third-order valence-electron chi connectivity index (χ3n) is 5.38. The third kappa shape index (κ3) is 7.11. The zero-order valence-corrected chi connectivity index (χ0v) is 18.8. The van der Waals surface area contributed by atoms with Gasteiger partial charge < -0.3 is 20.4 Å². The number of amides is 1. The molecule has 1 aliphatic rings. The van der Waals surface area contributed by atoms with Gasteiger partial charge in [-0.05, 0) is 19.0 Å². The zero-order valence-electron chi connectivity index (χ0n) is 18.0. The molecule has 1 fully saturated rings. The van der Waals surface area contributed by atoms with Crippen LogP contribution in [-0.2, 0) is 27.3 Å². The van der Waals surface area contributed by atoms with Gasteiger partial charge in [-0.2, -0.15) is 0 Å². The molecule has 1 atom stereocenters. The molecule has 32 heavy (non-hydrogen) atoms. The van der Waals surface area contributed by atoms with Gasteiger partial charge in [0.15, 0.2) is 0 Å². The normalized spacial score (nSPS) is 15.9. The fraction of sp³-hybridized carbons (Fsp3) is 0.455. The molecule has 3 N–H and O–H groups in total. The Bertz CT molecular complexity index is 938. The summed E-state index contributed by atoms with van der Waals surface area (Å²) in [4.78, 5) is 43.4. The van der Waals surface area contributed by atoms with Crippen LogP contribution in [0.5, 0.6) is 0 Å². The molecule has 1 aliphatic heterocycles. The molecule has 0 bridgehead atoms. The first kappa shape index (κ1) is 23.8. The summed E-state index contributed by atoms with van der Waals surface area (Å²) in [5.41, 5.74) is 2.76. The maximum Gasteiger partial charge on any atom is 0.326 e. The summed E-state index contributed by atoms with van der Waals surface area (Å²) in [5, 5.41) is 22.8. The molecule has 10 heteroatoms. The van der Waals surface area contributed by atoms with Crippen molar-refractivity contribution in [3.8, 4) is 10.6 Å². The minimum absolute atomic E-state index is 0.0607. The summed E-state index contributed by atoms with van der Waals surface area (Å²) in [6, 6.07) is 7.02. The number of carboxylic acids is 2. The standard InChI is InChI=1S/C22H28N4O5S/c1-25-8-10-26(11-9-25)13-15-2-4-16(5-3-15)21-23-17(14-32-21)12-19(27)24-18(22(30)31)6-7-20(28)29/h2-5,14,18H,6-13H2,1H3,(H,24,27)(H,28,29)(H,30,31). The highest BCUT2D eigenvalue weighted by Crippen LogP contribution is 2.24. The molecule has 1 aromatic heterocycles. The van der Waals surface area contributed by atoms with Crippen molar-refractivity contribution in [2.45, 2.75) is 31.8 Å². The molecule has 1 aromatic carbocycles. The van der Waals surface area contributed by atoms with Crippen molar-refractivity contribution >= 4 is 29.2 Å². The minimum Gasteiger partial charge on any atom is -0.481 e. The van der Waals surface area contributed by atoms with Crippen molar-refractivity contribution in [3.05, 3.63) is 40.9 Å². The average molecular weight is 461 g/mol. The Morgan fingerprint density at radius 1 is 1.12 bits per heavy atom. The summed E-state index contributed by atoms with van der Waals surface area (Å²) in [7, 11) is 2.14. The van der Waals surface area contributed by atoms with E-state index < -0.39 is 23.9 Å². The van der Waals surface area contributed by atoms with Crippen LogP contribution in [0.25, 0.3) is 10.6 Å². The van der Waals surface area contributed by atoms with Crippen LogP contribution in [0.1, 0.15) is 24.1 Å². The third-order valence-corrected chi connectivity index (χ3v) is 6.32. The lowest BCUT2D eigenvalue weighted by Crippen LogP contribution is -2.43. The minimum atomic E-state index is -1.25. The topological polar surface area (TPSA) is 123 Å². The van der Waals surface area contributed by atoms with E-state index in [4.69, 9.17) is 10.2 Å². The molecule has 0 aliphatic carbocycles. The van der Waals surface area contributed by atoms with Crippen molar-refractivity contribution in [1.29, 1.82) is 0 Å². The van der Waals surface area contributed by atoms with Gasteiger partial charge in [-0.25, -0.2) is 9.78 Å². The second-order valence-corrected chi connectivity index (χ2v) is 8.85. The molecule has 1 unspecified atom stereocenters. The van der Waals surface area contributed by atoms with Crippen LogP contribution in [-0.4, -0.2) is 82.1 Å². The summed E-state index contributed by atoms with van der Waals surface area (Å²) in [5.74, 6) is -2.86. The number of aliphatic carboxylic acids is 2. The summed E-state index contributed by atoms with van der Waals surface area (Å²) in [6.45, 7) is 5.22. The van der Waals surface area contributed by atoms with Crippen molar-refractivity contribution < 1.29 is 24.6 Å². The van der Waals surface area contributed by atoms with Gasteiger partial charge in [0.1, 0.15) is 11.0 Å². The summed E-state index contributed by atoms with van der Waals surface area (Å²) >= 11 is 1.42. The number of benzene rings is 1. The fourth-order valence-corrected chi connectivity index (χ4v) is 4.30. The summed E-state index contributed by atoms with van der Waals surface area (Å²) in [6.07, 6.45) is -0.559. The number of hydrogen-bond acceptors (Lipinski definition) is 7. The van der Waals surface area contributed by atoms with Gasteiger partial charge in [-0.1, -0.05) is 24.3 Å². The van der Waals surface area contributed by atoms with Gasteiger partial charge in [0.25, 0.3) is 0 Å². The van der Waals surface area contributed by atoms with Crippen molar-refractivity contribution in [2.24, 2.45) is 0 Å². The van der Waals surface area contributed by atoms with Gasteiger partial charge in [-0.3, -0.25) is 14.5 Å². The van der Waals surface area contributed by atoms with E-state index in [2.05, 4.69) is 39.3 Å². The largest absolute Gasteiger partial charge is 0.481 e. The van der Waals surface area contributed by atoms with Crippen LogP contribution >= 0.6 is 11.3 Å². The van der Waals surface area contributed by atoms with E-state index in [1.165, 1.54) is 16.9 Å². The number of nitrogens with one attached hydrogen (secondary N) is 1. The number of hydrogen-bond donors (Lipinski definition) is 3. The molecule has 0 saturated carbocycles. The molecule has 0 spiro atoms. The average Bonchev–Trinajstić information content (AvgIpc) is 3.21. The lowest BCUT2D eigenvalue weighted by Gasteiger charge is -2.32. The van der Waals surface area contributed by atoms with Crippen LogP contribution in [0.3, 0.4) is 0 Å². The second kappa shape index (κ2) is 11.2. The molecular formula is C22H28N4O5S. The van der Waals surface area contributed by atoms with Crippen LogP contribution < -0.4 is 5.32 Å². The monoisotopic (exact) mass is 460 g/mol. The predicted molar refractivity (Wildman–Crippen MR) is 120 cm³/mol. The van der Waals surface area contributed by atoms with Crippen LogP contribution in [0.15, 0.2) is 29.6 Å². The summed E-state index contributed by atoms with van der Waals surface area (Å²) < 4.78 is 0. The predicted octanol–water partition coefficient (Wildman–Crippen LogP) is 1.53. The number of carbonyl (C=O) groups is 3. The lowest BCUT2D eigenvalue weighted by atomic mass is 10.1. The van der Waals surface area contributed by atoms with E-state index in [1.54, 1.807) is 5.38 Å². The van der Waals surface area contributed by atoms with E-state index in [1.807, 2.05) is 12.1 Å². The quantitative estimate of drug-likeness (QED) is 0.488. The van der Waals surface area contributed by atoms with Crippen LogP contribution in [0, 0.1) is 0 Å². The number of nitrogens with zero attached hydrogens (tertiary/aromatic N) is 3. The highest BCUT2D eigenvalue weighted by atomic mass is 32.1. The van der Waals surface area contributed by atoms with E-state index in [0.29, 0.717) is 5.69 Å². The molecule has 2 aromatic rings. The van der Waals surface area contributed by atoms with Crippen LogP contribution in [0.4, 0.5) is 0 Å². The molecule has 1 amide bonds. The number of thiazole rings is 1. The number of carboxylic acid groups (broad SMARTS) is 2. The Balaban J connectivity index is 1.53. The zero-order chi connectivity index (χ0) is 23.1. The van der Waals surface area contributed by atoms with E-state index in [9.17, 15) is 14.4 Å². The van der Waals surface area contributed by atoms with Gasteiger partial charge in [0.2, 0.25) is 5.91 Å². The lowest BCUT2D eigenvalue weighted by molar-refractivity contribution is -0.143. The molecule has 2 heterocycles. The smallest absolute Gasteiger partial charge is 0.326 e. The Labute approximate surface area is 190 Å². The first-order valence-electron chi connectivity index (χ1n) is 10.5. The van der Waals surface area contributed by atoms with Crippen molar-refractivity contribution in [3.63, 3.8) is 0 Å². The number of piperazine rings is 1. The van der Waals surface area contributed by atoms with Gasteiger partial charge in [-0.15, -0.1) is 11.3 Å². The fourth-order valence-electron chi connectivity index (χ4n) is 3.47. The number of carbonyl (C=O) groups excluding carboxylic acids is 1. The van der Waals surface area contributed by atoms with Gasteiger partial charge in [0, 0.05) is 50.1 Å². The SMILES string of the molecule is CN1CCN(Cc2ccc(-c3nc(CC(=O)NC(CCC(=O)O)C(=O)O)cs3)cc2)CC1. The highest BCUT2D eigenvalue weighted by molar-refractivity contribution is 7.13. The molecule has 3 rings (SSSR count). The molecule has 9 nitrogen and oxygen atoms in total. The number of likely N-dealkylation sites (N-methyl/N-ethyl adjacent to an activating group) is 1. The first-order chi connectivity index (χ1) is 15.3. The van der Waals surface area contributed by atoms with Gasteiger partial charge in [0.05, 0.1) is 12.1 Å². The second-order valence-electron chi connectivity index (χ2n) is 7.99. The first-order valence-corrected chi connectivity index (χ1v) is 11.4. The van der Waals surface area contributed by atoms with Gasteiger partial charge >= 0.3 is 11.9 Å². The number of rotatable bonds is 10. The Morgan fingerprint density at radius 3 is 2.44 bits per heavy atom.